The van der Waals surface area contributed by atoms with E-state index in [1.807, 2.05) is 19.1 Å². The van der Waals surface area contributed by atoms with Gasteiger partial charge in [0.15, 0.2) is 0 Å². The molecule has 2 saturated heterocycles. The molecule has 1 aromatic rings. The first-order valence-corrected chi connectivity index (χ1v) is 10.6. The second-order valence-corrected chi connectivity index (χ2v) is 8.60. The number of benzene rings is 1. The number of anilines is 2. The highest BCUT2D eigenvalue weighted by Crippen LogP contribution is 2.37. The maximum Gasteiger partial charge on any atom is 0.244 e. The van der Waals surface area contributed by atoms with Gasteiger partial charge in [-0.25, -0.2) is 0 Å². The van der Waals surface area contributed by atoms with E-state index < -0.39 is 0 Å². The van der Waals surface area contributed by atoms with Crippen molar-refractivity contribution in [2.75, 3.05) is 50.0 Å². The molecule has 29 heavy (non-hydrogen) atoms. The number of hydrogen-bond acceptors (Lipinski definition) is 5. The molecule has 3 amide bonds. The average molecular weight is 399 g/mol. The molecule has 0 bridgehead atoms. The fourth-order valence-electron chi connectivity index (χ4n) is 4.77. The number of imide groups is 1. The molecule has 1 saturated carbocycles. The maximum absolute atomic E-state index is 12.6. The number of aryl methyl sites for hydroxylation is 1. The average Bonchev–Trinajstić information content (AvgIpc) is 2.95. The van der Waals surface area contributed by atoms with Crippen LogP contribution >= 0.6 is 0 Å². The Balaban J connectivity index is 1.38. The van der Waals surface area contributed by atoms with E-state index in [0.717, 1.165) is 68.8 Å². The summed E-state index contributed by atoms with van der Waals surface area (Å²) < 4.78 is 0. The molecule has 1 aromatic carbocycles. The lowest BCUT2D eigenvalue weighted by atomic mass is 9.81. The number of likely N-dealkylation sites (N-methyl/N-ethyl adjacent to an activating group) is 1. The number of nitrogens with zero attached hydrogens (tertiary/aromatic N) is 3. The molecular weight excluding hydrogens is 368 g/mol. The summed E-state index contributed by atoms with van der Waals surface area (Å²) in [5, 5.41) is 2.88. The molecule has 2 aliphatic heterocycles. The summed E-state index contributed by atoms with van der Waals surface area (Å²) in [7, 11) is 2.13. The van der Waals surface area contributed by atoms with Crippen molar-refractivity contribution in [3.8, 4) is 0 Å². The number of carbonyl (C=O) groups excluding carboxylic acids is 3. The molecule has 3 fully saturated rings. The highest BCUT2D eigenvalue weighted by molar-refractivity contribution is 6.08. The van der Waals surface area contributed by atoms with E-state index in [4.69, 9.17) is 0 Å². The van der Waals surface area contributed by atoms with E-state index >= 15 is 0 Å². The molecule has 0 aromatic heterocycles. The number of carbonyl (C=O) groups is 3. The summed E-state index contributed by atoms with van der Waals surface area (Å²) in [5.41, 5.74) is 2.86. The van der Waals surface area contributed by atoms with E-state index in [-0.39, 0.29) is 36.1 Å². The topological polar surface area (TPSA) is 73.0 Å². The number of fused-ring (bicyclic) bond motifs is 1. The zero-order chi connectivity index (χ0) is 20.5. The maximum atomic E-state index is 12.6. The fraction of sp³-hybridized carbons (Fsp3) is 0.591. The fourth-order valence-corrected chi connectivity index (χ4v) is 4.77. The Kier molecular flexibility index (Phi) is 5.58. The van der Waals surface area contributed by atoms with Gasteiger partial charge in [-0.1, -0.05) is 12.8 Å². The van der Waals surface area contributed by atoms with Crippen LogP contribution in [0.1, 0.15) is 31.2 Å². The van der Waals surface area contributed by atoms with Gasteiger partial charge in [0.05, 0.1) is 11.8 Å². The zero-order valence-corrected chi connectivity index (χ0v) is 17.3. The number of nitrogens with one attached hydrogen (secondary N) is 1. The van der Waals surface area contributed by atoms with Crippen LogP contribution in [0, 0.1) is 18.8 Å². The standard InChI is InChI=1S/C22H30N4O3/c1-15-13-16(25-11-9-24(2)10-12-25)7-8-19(15)23-20(27)14-26-21(28)17-5-3-4-6-18(17)22(26)29/h7-8,13,17-18H,3-6,9-12,14H2,1-2H3,(H,23,27). The van der Waals surface area contributed by atoms with Crippen LogP contribution in [-0.4, -0.2) is 67.3 Å². The molecule has 2 unspecified atom stereocenters. The Morgan fingerprint density at radius 2 is 1.66 bits per heavy atom. The Labute approximate surface area is 172 Å². The van der Waals surface area contributed by atoms with Crippen LogP contribution in [0.15, 0.2) is 18.2 Å². The quantitative estimate of drug-likeness (QED) is 0.784. The number of amides is 3. The van der Waals surface area contributed by atoms with E-state index in [0.29, 0.717) is 0 Å². The van der Waals surface area contributed by atoms with Crippen LogP contribution in [-0.2, 0) is 14.4 Å². The van der Waals surface area contributed by atoms with Gasteiger partial charge in [0.2, 0.25) is 17.7 Å². The van der Waals surface area contributed by atoms with Gasteiger partial charge in [0, 0.05) is 37.6 Å². The normalized spacial score (nSPS) is 25.3. The van der Waals surface area contributed by atoms with Gasteiger partial charge in [0.1, 0.15) is 6.54 Å². The predicted octanol–water partition coefficient (Wildman–Crippen LogP) is 1.86. The summed E-state index contributed by atoms with van der Waals surface area (Å²) in [5.74, 6) is -1.09. The molecule has 4 rings (SSSR count). The lowest BCUT2D eigenvalue weighted by Gasteiger charge is -2.34. The minimum atomic E-state index is -0.319. The number of piperazine rings is 1. The second-order valence-electron chi connectivity index (χ2n) is 8.60. The summed E-state index contributed by atoms with van der Waals surface area (Å²) in [4.78, 5) is 43.5. The zero-order valence-electron chi connectivity index (χ0n) is 17.3. The van der Waals surface area contributed by atoms with Gasteiger partial charge >= 0.3 is 0 Å². The Hall–Kier alpha value is -2.41. The predicted molar refractivity (Wildman–Crippen MR) is 112 cm³/mol. The molecule has 0 spiro atoms. The minimum Gasteiger partial charge on any atom is -0.369 e. The molecule has 3 aliphatic rings. The lowest BCUT2D eigenvalue weighted by molar-refractivity contribution is -0.142. The third-order valence-corrected chi connectivity index (χ3v) is 6.59. The van der Waals surface area contributed by atoms with Crippen molar-refractivity contribution in [1.29, 1.82) is 0 Å². The first-order chi connectivity index (χ1) is 13.9. The van der Waals surface area contributed by atoms with Crippen LogP contribution in [0.3, 0.4) is 0 Å². The molecule has 156 valence electrons. The van der Waals surface area contributed by atoms with E-state index in [2.05, 4.69) is 28.2 Å². The summed E-state index contributed by atoms with van der Waals surface area (Å²) in [6, 6.07) is 6.02. The Bertz CT molecular complexity index is 792. The van der Waals surface area contributed by atoms with Crippen molar-refractivity contribution in [3.63, 3.8) is 0 Å². The summed E-state index contributed by atoms with van der Waals surface area (Å²) in [6.07, 6.45) is 3.50. The smallest absolute Gasteiger partial charge is 0.244 e. The summed E-state index contributed by atoms with van der Waals surface area (Å²) in [6.45, 7) is 5.83. The molecule has 1 aliphatic carbocycles. The van der Waals surface area contributed by atoms with Crippen LogP contribution in [0.2, 0.25) is 0 Å². The molecule has 7 nitrogen and oxygen atoms in total. The minimum absolute atomic E-state index is 0.169. The van der Waals surface area contributed by atoms with Crippen molar-refractivity contribution < 1.29 is 14.4 Å². The number of rotatable bonds is 4. The van der Waals surface area contributed by atoms with Crippen LogP contribution < -0.4 is 10.2 Å². The molecule has 0 radical (unpaired) electrons. The van der Waals surface area contributed by atoms with E-state index in [1.54, 1.807) is 0 Å². The third kappa shape index (κ3) is 4.01. The molecule has 1 N–H and O–H groups in total. The van der Waals surface area contributed by atoms with Crippen molar-refractivity contribution in [3.05, 3.63) is 23.8 Å². The molecular formula is C22H30N4O3. The molecule has 2 atom stereocenters. The van der Waals surface area contributed by atoms with Gasteiger partial charge in [-0.3, -0.25) is 19.3 Å². The van der Waals surface area contributed by atoms with Gasteiger partial charge in [-0.05, 0) is 50.6 Å². The van der Waals surface area contributed by atoms with Crippen molar-refractivity contribution in [2.24, 2.45) is 11.8 Å². The second kappa shape index (κ2) is 8.14. The first-order valence-electron chi connectivity index (χ1n) is 10.6. The monoisotopic (exact) mass is 398 g/mol. The van der Waals surface area contributed by atoms with Crippen LogP contribution in [0.5, 0.6) is 0 Å². The Morgan fingerprint density at radius 3 is 2.24 bits per heavy atom. The van der Waals surface area contributed by atoms with E-state index in [9.17, 15) is 14.4 Å². The van der Waals surface area contributed by atoms with Crippen molar-refractivity contribution in [1.82, 2.24) is 9.80 Å². The van der Waals surface area contributed by atoms with Gasteiger partial charge in [-0.15, -0.1) is 0 Å². The molecule has 2 heterocycles. The largest absolute Gasteiger partial charge is 0.369 e. The van der Waals surface area contributed by atoms with Gasteiger partial charge < -0.3 is 15.1 Å². The van der Waals surface area contributed by atoms with Crippen LogP contribution in [0.25, 0.3) is 0 Å². The highest BCUT2D eigenvalue weighted by atomic mass is 16.2. The highest BCUT2D eigenvalue weighted by Gasteiger charge is 2.48. The van der Waals surface area contributed by atoms with Crippen molar-refractivity contribution >= 4 is 29.1 Å². The van der Waals surface area contributed by atoms with Crippen LogP contribution in [0.4, 0.5) is 11.4 Å². The van der Waals surface area contributed by atoms with Crippen molar-refractivity contribution in [2.45, 2.75) is 32.6 Å². The first kappa shape index (κ1) is 19.9. The lowest BCUT2D eigenvalue weighted by Crippen LogP contribution is -2.44. The number of likely N-dealkylation sites (tertiary alicyclic amines) is 1. The van der Waals surface area contributed by atoms with E-state index in [1.165, 1.54) is 4.90 Å². The van der Waals surface area contributed by atoms with Gasteiger partial charge in [0.25, 0.3) is 0 Å². The Morgan fingerprint density at radius 1 is 1.03 bits per heavy atom. The third-order valence-electron chi connectivity index (χ3n) is 6.59. The number of hydrogen-bond donors (Lipinski definition) is 1. The summed E-state index contributed by atoms with van der Waals surface area (Å²) >= 11 is 0. The molecule has 7 heteroatoms. The van der Waals surface area contributed by atoms with Gasteiger partial charge in [-0.2, -0.15) is 0 Å². The SMILES string of the molecule is Cc1cc(N2CCN(C)CC2)ccc1NC(=O)CN1C(=O)C2CCCCC2C1=O.